The van der Waals surface area contributed by atoms with Gasteiger partial charge in [-0.25, -0.2) is 9.59 Å². The smallest absolute Gasteiger partial charge is 0.329 e. The molecular formula is C16H28N2O3. The van der Waals surface area contributed by atoms with Gasteiger partial charge in [-0.05, 0) is 44.4 Å². The number of amides is 2. The van der Waals surface area contributed by atoms with E-state index in [9.17, 15) is 14.7 Å². The average molecular weight is 296 g/mol. The highest BCUT2D eigenvalue weighted by molar-refractivity contribution is 5.87. The zero-order valence-corrected chi connectivity index (χ0v) is 13.2. The molecule has 2 aliphatic rings. The first-order valence-corrected chi connectivity index (χ1v) is 8.31. The van der Waals surface area contributed by atoms with Crippen LogP contribution in [0.2, 0.25) is 0 Å². The standard InChI is InChI=1S/C16H28N2O3/c1-3-16(14(19)20)10-5-11-18(16)15(21)17-13-7-4-6-12(2)8-9-13/h12-13H,3-11H2,1-2H3,(H,17,21)(H,19,20). The summed E-state index contributed by atoms with van der Waals surface area (Å²) in [6.45, 7) is 4.67. The molecule has 0 aromatic heterocycles. The van der Waals surface area contributed by atoms with Crippen molar-refractivity contribution in [2.24, 2.45) is 5.92 Å². The van der Waals surface area contributed by atoms with Crippen molar-refractivity contribution in [1.82, 2.24) is 10.2 Å². The zero-order chi connectivity index (χ0) is 15.5. The summed E-state index contributed by atoms with van der Waals surface area (Å²) < 4.78 is 0. The normalized spacial score (nSPS) is 33.5. The molecule has 120 valence electrons. The summed E-state index contributed by atoms with van der Waals surface area (Å²) in [7, 11) is 0. The number of carboxylic acid groups (broad SMARTS) is 1. The number of likely N-dealkylation sites (tertiary alicyclic amines) is 1. The van der Waals surface area contributed by atoms with Crippen LogP contribution in [-0.2, 0) is 4.79 Å². The topological polar surface area (TPSA) is 69.6 Å². The molecule has 2 amide bonds. The Hall–Kier alpha value is -1.26. The van der Waals surface area contributed by atoms with Gasteiger partial charge in [-0.2, -0.15) is 0 Å². The Morgan fingerprint density at radius 3 is 2.67 bits per heavy atom. The van der Waals surface area contributed by atoms with E-state index >= 15 is 0 Å². The van der Waals surface area contributed by atoms with E-state index in [0.717, 1.165) is 38.0 Å². The van der Waals surface area contributed by atoms with Crippen molar-refractivity contribution >= 4 is 12.0 Å². The predicted octanol–water partition coefficient (Wildman–Crippen LogP) is 2.99. The third-order valence-electron chi connectivity index (χ3n) is 5.30. The molecule has 1 saturated heterocycles. The second-order valence-corrected chi connectivity index (χ2v) is 6.71. The van der Waals surface area contributed by atoms with Crippen molar-refractivity contribution in [2.75, 3.05) is 6.54 Å². The van der Waals surface area contributed by atoms with Crippen LogP contribution in [0, 0.1) is 5.92 Å². The molecule has 0 bridgehead atoms. The van der Waals surface area contributed by atoms with Crippen molar-refractivity contribution in [3.05, 3.63) is 0 Å². The maximum atomic E-state index is 12.5. The second-order valence-electron chi connectivity index (χ2n) is 6.71. The Labute approximate surface area is 127 Å². The molecule has 5 heteroatoms. The number of hydrogen-bond donors (Lipinski definition) is 2. The van der Waals surface area contributed by atoms with Gasteiger partial charge < -0.3 is 15.3 Å². The average Bonchev–Trinajstić information content (AvgIpc) is 2.80. The number of carboxylic acids is 1. The van der Waals surface area contributed by atoms with Crippen LogP contribution in [0.25, 0.3) is 0 Å². The van der Waals surface area contributed by atoms with Crippen LogP contribution in [0.1, 0.15) is 65.2 Å². The Morgan fingerprint density at radius 1 is 1.24 bits per heavy atom. The van der Waals surface area contributed by atoms with Gasteiger partial charge in [0.2, 0.25) is 0 Å². The monoisotopic (exact) mass is 296 g/mol. The molecular weight excluding hydrogens is 268 g/mol. The fraction of sp³-hybridized carbons (Fsp3) is 0.875. The van der Waals surface area contributed by atoms with E-state index in [1.165, 1.54) is 6.42 Å². The van der Waals surface area contributed by atoms with Gasteiger partial charge in [0, 0.05) is 12.6 Å². The van der Waals surface area contributed by atoms with Crippen molar-refractivity contribution in [3.8, 4) is 0 Å². The first-order chi connectivity index (χ1) is 9.99. The molecule has 21 heavy (non-hydrogen) atoms. The number of rotatable bonds is 3. The SMILES string of the molecule is CCC1(C(=O)O)CCCN1C(=O)NC1CCCC(C)CC1. The quantitative estimate of drug-likeness (QED) is 0.787. The minimum absolute atomic E-state index is 0.184. The summed E-state index contributed by atoms with van der Waals surface area (Å²) in [4.78, 5) is 25.7. The van der Waals surface area contributed by atoms with Crippen molar-refractivity contribution in [3.63, 3.8) is 0 Å². The van der Waals surface area contributed by atoms with E-state index in [-0.39, 0.29) is 12.1 Å². The fourth-order valence-electron chi connectivity index (χ4n) is 3.80. The molecule has 3 unspecified atom stereocenters. The molecule has 0 radical (unpaired) electrons. The van der Waals surface area contributed by atoms with Gasteiger partial charge in [0.1, 0.15) is 5.54 Å². The summed E-state index contributed by atoms with van der Waals surface area (Å²) in [6, 6.07) is 0.0164. The molecule has 1 saturated carbocycles. The van der Waals surface area contributed by atoms with Crippen LogP contribution < -0.4 is 5.32 Å². The highest BCUT2D eigenvalue weighted by Gasteiger charge is 2.48. The van der Waals surface area contributed by atoms with Gasteiger partial charge in [-0.1, -0.05) is 26.7 Å². The predicted molar refractivity (Wildman–Crippen MR) is 81.2 cm³/mol. The van der Waals surface area contributed by atoms with Gasteiger partial charge in [-0.3, -0.25) is 0 Å². The molecule has 1 aliphatic carbocycles. The van der Waals surface area contributed by atoms with Crippen LogP contribution in [0.5, 0.6) is 0 Å². The van der Waals surface area contributed by atoms with Gasteiger partial charge >= 0.3 is 12.0 Å². The maximum Gasteiger partial charge on any atom is 0.329 e. The molecule has 2 fully saturated rings. The lowest BCUT2D eigenvalue weighted by atomic mass is 9.93. The molecule has 2 rings (SSSR count). The minimum atomic E-state index is -0.998. The minimum Gasteiger partial charge on any atom is -0.479 e. The molecule has 2 N–H and O–H groups in total. The highest BCUT2D eigenvalue weighted by atomic mass is 16.4. The number of aliphatic carboxylic acids is 1. The van der Waals surface area contributed by atoms with Crippen LogP contribution in [0.4, 0.5) is 4.79 Å². The second kappa shape index (κ2) is 6.67. The number of hydrogen-bond acceptors (Lipinski definition) is 2. The van der Waals surface area contributed by atoms with Crippen molar-refractivity contribution < 1.29 is 14.7 Å². The summed E-state index contributed by atoms with van der Waals surface area (Å²) in [5.41, 5.74) is -0.998. The third-order valence-corrected chi connectivity index (χ3v) is 5.30. The Bertz CT molecular complexity index is 399. The van der Waals surface area contributed by atoms with Crippen molar-refractivity contribution in [1.29, 1.82) is 0 Å². The Morgan fingerprint density at radius 2 is 2.00 bits per heavy atom. The summed E-state index contributed by atoms with van der Waals surface area (Å²) in [5.74, 6) is -0.139. The lowest BCUT2D eigenvalue weighted by molar-refractivity contribution is -0.148. The Kier molecular flexibility index (Phi) is 5.12. The molecule has 0 aromatic carbocycles. The number of urea groups is 1. The summed E-state index contributed by atoms with van der Waals surface area (Å²) in [6.07, 6.45) is 7.33. The lowest BCUT2D eigenvalue weighted by Crippen LogP contribution is -2.57. The van der Waals surface area contributed by atoms with E-state index in [4.69, 9.17) is 0 Å². The summed E-state index contributed by atoms with van der Waals surface area (Å²) >= 11 is 0. The molecule has 3 atom stereocenters. The van der Waals surface area contributed by atoms with Gasteiger partial charge in [0.05, 0.1) is 0 Å². The Balaban J connectivity index is 2.00. The third kappa shape index (κ3) is 3.33. The van der Waals surface area contributed by atoms with Gasteiger partial charge in [0.25, 0.3) is 0 Å². The van der Waals surface area contributed by atoms with E-state index in [1.807, 2.05) is 6.92 Å². The first-order valence-electron chi connectivity index (χ1n) is 8.31. The fourth-order valence-corrected chi connectivity index (χ4v) is 3.80. The zero-order valence-electron chi connectivity index (χ0n) is 13.2. The van der Waals surface area contributed by atoms with Gasteiger partial charge in [-0.15, -0.1) is 0 Å². The molecule has 1 heterocycles. The summed E-state index contributed by atoms with van der Waals surface area (Å²) in [5, 5.41) is 12.6. The van der Waals surface area contributed by atoms with Gasteiger partial charge in [0.15, 0.2) is 0 Å². The lowest BCUT2D eigenvalue weighted by Gasteiger charge is -2.35. The number of nitrogens with one attached hydrogen (secondary N) is 1. The number of nitrogens with zero attached hydrogens (tertiary/aromatic N) is 1. The largest absolute Gasteiger partial charge is 0.479 e. The number of carbonyl (C=O) groups is 2. The molecule has 0 aromatic rings. The van der Waals surface area contributed by atoms with Crippen molar-refractivity contribution in [2.45, 2.75) is 76.8 Å². The van der Waals surface area contributed by atoms with Crippen LogP contribution in [-0.4, -0.2) is 40.1 Å². The van der Waals surface area contributed by atoms with Crippen LogP contribution >= 0.6 is 0 Å². The molecule has 5 nitrogen and oxygen atoms in total. The highest BCUT2D eigenvalue weighted by Crippen LogP contribution is 2.33. The van der Waals surface area contributed by atoms with E-state index in [2.05, 4.69) is 12.2 Å². The van der Waals surface area contributed by atoms with E-state index in [1.54, 1.807) is 4.90 Å². The molecule has 1 aliphatic heterocycles. The van der Waals surface area contributed by atoms with E-state index < -0.39 is 11.5 Å². The molecule has 0 spiro atoms. The van der Waals surface area contributed by atoms with Crippen LogP contribution in [0.15, 0.2) is 0 Å². The number of carbonyl (C=O) groups excluding carboxylic acids is 1. The van der Waals surface area contributed by atoms with E-state index in [0.29, 0.717) is 19.4 Å². The maximum absolute atomic E-state index is 12.5. The van der Waals surface area contributed by atoms with Crippen LogP contribution in [0.3, 0.4) is 0 Å². The first kappa shape index (κ1) is 16.1.